The highest BCUT2D eigenvalue weighted by Gasteiger charge is 2.42. The Morgan fingerprint density at radius 1 is 0.432 bits per heavy atom. The molecule has 410 valence electrons. The number of phosphoric acid groups is 1. The second kappa shape index (κ2) is 33.7. The molecule has 0 radical (unpaired) electrons. The van der Waals surface area contributed by atoms with E-state index in [4.69, 9.17) is 42.0 Å². The number of unbranched alkanes of at least 4 members (excludes halogenated alkanes) is 9. The fourth-order valence-electron chi connectivity index (χ4n) is 7.80. The number of hydrogen-bond acceptors (Lipinski definition) is 16. The molecule has 0 aliphatic rings. The Bertz CT molecular complexity index is 2030. The van der Waals surface area contributed by atoms with Gasteiger partial charge in [-0.1, -0.05) is 115 Å². The zero-order valence-corrected chi connectivity index (χ0v) is 45.4. The fraction of sp³-hybridized carbons (Fsp3) is 0.556. The van der Waals surface area contributed by atoms with E-state index in [1.54, 1.807) is 36.4 Å². The van der Waals surface area contributed by atoms with Crippen LogP contribution in [0.5, 0.6) is 0 Å². The normalized spacial score (nSPS) is 14.3. The maximum atomic E-state index is 15.9. The van der Waals surface area contributed by atoms with Gasteiger partial charge in [0.05, 0.1) is 94.3 Å². The molecule has 0 saturated carbocycles. The fourth-order valence-corrected chi connectivity index (χ4v) is 9.54. The Balaban J connectivity index is 2.22. The number of hydrogen-bond donors (Lipinski definition) is 3. The minimum atomic E-state index is -5.10. The zero-order chi connectivity index (χ0) is 54.5. The highest BCUT2D eigenvalue weighted by Crippen LogP contribution is 2.56. The van der Waals surface area contributed by atoms with Gasteiger partial charge in [-0.2, -0.15) is 0 Å². The van der Waals surface area contributed by atoms with Crippen molar-refractivity contribution in [1.29, 1.82) is 0 Å². The summed E-state index contributed by atoms with van der Waals surface area (Å²) in [6.07, 6.45) is 3.60. The number of benzene rings is 3. The van der Waals surface area contributed by atoms with Crippen molar-refractivity contribution in [3.63, 3.8) is 0 Å². The molecule has 74 heavy (non-hydrogen) atoms. The highest BCUT2D eigenvalue weighted by atomic mass is 31.2. The van der Waals surface area contributed by atoms with Crippen LogP contribution in [-0.4, -0.2) is 95.6 Å². The van der Waals surface area contributed by atoms with Gasteiger partial charge in [-0.15, -0.1) is 0 Å². The van der Waals surface area contributed by atoms with Crippen LogP contribution in [0, 0.1) is 0 Å². The van der Waals surface area contributed by atoms with Crippen molar-refractivity contribution in [3.8, 4) is 0 Å². The first-order valence-electron chi connectivity index (χ1n) is 25.5. The van der Waals surface area contributed by atoms with E-state index < -0.39 is 80.4 Å². The average molecular weight is 1060 g/mol. The largest absolute Gasteiger partial charge is 0.475 e. The molecule has 0 aliphatic heterocycles. The smallest absolute Gasteiger partial charge is 0.465 e. The van der Waals surface area contributed by atoms with Crippen molar-refractivity contribution in [2.75, 3.05) is 41.2 Å². The third kappa shape index (κ3) is 21.5. The summed E-state index contributed by atoms with van der Waals surface area (Å²) >= 11 is 0. The van der Waals surface area contributed by atoms with E-state index in [0.717, 1.165) is 57.8 Å². The molecule has 0 heterocycles. The molecule has 0 fully saturated rings. The van der Waals surface area contributed by atoms with Gasteiger partial charge in [0, 0.05) is 0 Å². The molecule has 0 aromatic heterocycles. The maximum Gasteiger partial charge on any atom is 0.475 e. The summed E-state index contributed by atoms with van der Waals surface area (Å²) in [6.45, 7) is 11.0. The van der Waals surface area contributed by atoms with Crippen LogP contribution in [0.25, 0.3) is 0 Å². The maximum absolute atomic E-state index is 15.9. The van der Waals surface area contributed by atoms with Crippen LogP contribution < -0.4 is 16.0 Å². The summed E-state index contributed by atoms with van der Waals surface area (Å²) in [6, 6.07) is 14.9. The quantitative estimate of drug-likeness (QED) is 0.0222. The van der Waals surface area contributed by atoms with E-state index in [1.807, 2.05) is 0 Å². The van der Waals surface area contributed by atoms with E-state index in [2.05, 4.69) is 36.7 Å². The van der Waals surface area contributed by atoms with E-state index in [-0.39, 0.29) is 36.5 Å². The Labute approximate surface area is 436 Å². The Morgan fingerprint density at radius 3 is 0.946 bits per heavy atom. The zero-order valence-electron chi connectivity index (χ0n) is 44.5. The van der Waals surface area contributed by atoms with Crippen molar-refractivity contribution in [2.45, 2.75) is 155 Å². The van der Waals surface area contributed by atoms with Gasteiger partial charge in [0.15, 0.2) is 0 Å². The van der Waals surface area contributed by atoms with Gasteiger partial charge >= 0.3 is 44.0 Å². The number of methoxy groups -OCH3 is 3. The number of phosphoric ester groups is 1. The third-order valence-electron chi connectivity index (χ3n) is 11.8. The van der Waals surface area contributed by atoms with E-state index in [9.17, 15) is 28.8 Å². The summed E-state index contributed by atoms with van der Waals surface area (Å²) in [5, 5.41) is 8.37. The lowest BCUT2D eigenvalue weighted by Crippen LogP contribution is -2.40. The molecule has 0 spiro atoms. The van der Waals surface area contributed by atoms with Crippen molar-refractivity contribution in [3.05, 3.63) is 106 Å². The van der Waals surface area contributed by atoms with Crippen LogP contribution in [-0.2, 0) is 46.6 Å². The molecule has 0 saturated heterocycles. The second-order valence-electron chi connectivity index (χ2n) is 17.7. The van der Waals surface area contributed by atoms with E-state index in [1.165, 1.54) is 78.5 Å². The van der Waals surface area contributed by atoms with Gasteiger partial charge in [0.1, 0.15) is 0 Å². The summed E-state index contributed by atoms with van der Waals surface area (Å²) in [5.41, 5.74) is 1.36. The van der Waals surface area contributed by atoms with Crippen LogP contribution in [0.15, 0.2) is 72.8 Å². The number of carbonyl (C=O) groups excluding carboxylic acids is 6. The van der Waals surface area contributed by atoms with Gasteiger partial charge in [-0.05, 0) is 93.1 Å². The van der Waals surface area contributed by atoms with E-state index >= 15 is 4.57 Å². The minimum Gasteiger partial charge on any atom is -0.465 e. The molecule has 0 aliphatic carbocycles. The molecule has 19 nitrogen and oxygen atoms in total. The second-order valence-corrected chi connectivity index (χ2v) is 19.2. The van der Waals surface area contributed by atoms with Gasteiger partial charge in [0.25, 0.3) is 0 Å². The van der Waals surface area contributed by atoms with Crippen LogP contribution in [0.3, 0.4) is 0 Å². The van der Waals surface area contributed by atoms with Crippen LogP contribution >= 0.6 is 7.82 Å². The van der Waals surface area contributed by atoms with E-state index in [0.29, 0.717) is 36.0 Å². The molecule has 3 amide bonds. The Morgan fingerprint density at radius 2 is 0.703 bits per heavy atom. The van der Waals surface area contributed by atoms with Gasteiger partial charge in [-0.3, -0.25) is 13.6 Å². The molecule has 3 N–H and O–H groups in total. The standard InChI is InChI=1S/C54H78N3O16P/c1-10-13-16-19-31-68-52(61)55-46(40-25-22-28-43(34-40)49(58)65-7)37(4)71-74(64,72-38(5)47(56-53(62)69-32-20-17-14-11-2)41-26-23-29-44(35-41)50(59)66-8)73-39(6)48(57-54(63)70-33-21-18-15-12-3)42-27-24-30-45(36-42)51(60)67-9/h22-30,34-39,46-48H,10-21,31-33H2,1-9H3,(H,55,61)(H,56,62)(H,57,63). The number of nitrogens with one attached hydrogen (secondary N) is 3. The third-order valence-corrected chi connectivity index (χ3v) is 13.6. The predicted molar refractivity (Wildman–Crippen MR) is 277 cm³/mol. The molecule has 6 atom stereocenters. The summed E-state index contributed by atoms with van der Waals surface area (Å²) in [4.78, 5) is 78.9. The lowest BCUT2D eigenvalue weighted by Gasteiger charge is -2.34. The van der Waals surface area contributed by atoms with Crippen LogP contribution in [0.4, 0.5) is 14.4 Å². The van der Waals surface area contributed by atoms with Crippen molar-refractivity contribution in [1.82, 2.24) is 16.0 Å². The molecule has 3 rings (SSSR count). The molecule has 20 heteroatoms. The number of amides is 3. The first-order valence-corrected chi connectivity index (χ1v) is 27.0. The summed E-state index contributed by atoms with van der Waals surface area (Å²) in [7, 11) is -1.43. The number of carbonyl (C=O) groups is 6. The number of esters is 3. The summed E-state index contributed by atoms with van der Waals surface area (Å²) in [5.74, 6) is -2.00. The topological polar surface area (TPSA) is 239 Å². The molecule has 3 aromatic rings. The lowest BCUT2D eigenvalue weighted by atomic mass is 10.0. The van der Waals surface area contributed by atoms with Crippen molar-refractivity contribution < 1.29 is 75.3 Å². The number of rotatable bonds is 33. The Hall–Kier alpha value is -6.01. The molecular weight excluding hydrogens is 978 g/mol. The molecule has 3 aromatic carbocycles. The molecule has 6 unspecified atom stereocenters. The predicted octanol–water partition coefficient (Wildman–Crippen LogP) is 11.8. The first kappa shape index (κ1) is 62.3. The van der Waals surface area contributed by atoms with Crippen LogP contribution in [0.2, 0.25) is 0 Å². The SMILES string of the molecule is CCCCCCOC(=O)NC(c1cccc(C(=O)OC)c1)C(C)OP(=O)(OC(C)C(NC(=O)OCCCCCC)c1cccc(C(=O)OC)c1)OC(C)C(NC(=O)OCCCCCC)c1cccc(C(=O)OC)c1. The number of alkyl carbamates (subject to hydrolysis) is 3. The highest BCUT2D eigenvalue weighted by molar-refractivity contribution is 7.48. The van der Waals surface area contributed by atoms with Gasteiger partial charge in [-0.25, -0.2) is 33.3 Å². The molecular formula is C54H78N3O16P. The monoisotopic (exact) mass is 1060 g/mol. The van der Waals surface area contributed by atoms with Crippen molar-refractivity contribution in [2.24, 2.45) is 0 Å². The lowest BCUT2D eigenvalue weighted by molar-refractivity contribution is 0.0143. The first-order chi connectivity index (χ1) is 35.5. The Kier molecular flexibility index (Phi) is 28.4. The number of ether oxygens (including phenoxy) is 6. The minimum absolute atomic E-state index is 0.106. The van der Waals surface area contributed by atoms with Crippen molar-refractivity contribution >= 4 is 44.0 Å². The average Bonchev–Trinajstić information content (AvgIpc) is 3.39. The van der Waals surface area contributed by atoms with Gasteiger partial charge < -0.3 is 44.4 Å². The van der Waals surface area contributed by atoms with Crippen LogP contribution in [0.1, 0.15) is 184 Å². The van der Waals surface area contributed by atoms with Gasteiger partial charge in [0.2, 0.25) is 0 Å². The summed E-state index contributed by atoms with van der Waals surface area (Å²) < 4.78 is 66.7. The molecule has 0 bridgehead atoms.